The maximum atomic E-state index is 12.3. The van der Waals surface area contributed by atoms with E-state index in [9.17, 15) is 4.79 Å². The number of methoxy groups -OCH3 is 3. The molecule has 0 aromatic heterocycles. The molecule has 1 N–H and O–H groups in total. The monoisotopic (exact) mass is 387 g/mol. The van der Waals surface area contributed by atoms with Crippen LogP contribution in [0.2, 0.25) is 0 Å². The lowest BCUT2D eigenvalue weighted by Gasteiger charge is -2.17. The van der Waals surface area contributed by atoms with E-state index in [1.807, 2.05) is 49.4 Å². The molecule has 6 nitrogen and oxygen atoms in total. The van der Waals surface area contributed by atoms with Crippen molar-refractivity contribution < 1.29 is 23.7 Å². The van der Waals surface area contributed by atoms with E-state index in [0.717, 1.165) is 16.9 Å². The van der Waals surface area contributed by atoms with Gasteiger partial charge in [-0.25, -0.2) is 0 Å². The van der Waals surface area contributed by atoms with E-state index < -0.39 is 0 Å². The Balaban J connectivity index is 1.89. The zero-order valence-corrected chi connectivity index (χ0v) is 17.0. The SMILES string of the molecule is COCCOc1ccc(C(C)NC(=O)CCc2ccc(OC)cc2)cc1OC. The Bertz CT molecular complexity index is 745. The number of carbonyl (C=O) groups is 1. The molecule has 2 aromatic rings. The van der Waals surface area contributed by atoms with Crippen LogP contribution in [0.4, 0.5) is 0 Å². The highest BCUT2D eigenvalue weighted by Crippen LogP contribution is 2.30. The standard InChI is InChI=1S/C22H29NO5/c1-16(18-8-11-20(21(15-18)27-4)28-14-13-25-2)23-22(24)12-7-17-5-9-19(26-3)10-6-17/h5-6,8-11,15-16H,7,12-14H2,1-4H3,(H,23,24). The maximum Gasteiger partial charge on any atom is 0.220 e. The highest BCUT2D eigenvalue weighted by Gasteiger charge is 2.13. The lowest BCUT2D eigenvalue weighted by molar-refractivity contribution is -0.121. The second-order valence-corrected chi connectivity index (χ2v) is 6.39. The van der Waals surface area contributed by atoms with Gasteiger partial charge in [-0.15, -0.1) is 0 Å². The van der Waals surface area contributed by atoms with Crippen molar-refractivity contribution >= 4 is 5.91 Å². The number of rotatable bonds is 11. The molecular weight excluding hydrogens is 358 g/mol. The first kappa shape index (κ1) is 21.6. The number of amides is 1. The van der Waals surface area contributed by atoms with Crippen LogP contribution < -0.4 is 19.5 Å². The van der Waals surface area contributed by atoms with Crippen molar-refractivity contribution in [2.45, 2.75) is 25.8 Å². The van der Waals surface area contributed by atoms with Crippen LogP contribution in [0, 0.1) is 0 Å². The van der Waals surface area contributed by atoms with Gasteiger partial charge in [-0.2, -0.15) is 0 Å². The molecule has 0 saturated carbocycles. The lowest BCUT2D eigenvalue weighted by atomic mass is 10.1. The van der Waals surface area contributed by atoms with E-state index in [0.29, 0.717) is 37.6 Å². The summed E-state index contributed by atoms with van der Waals surface area (Å²) in [6, 6.07) is 13.3. The summed E-state index contributed by atoms with van der Waals surface area (Å²) < 4.78 is 21.2. The first-order chi connectivity index (χ1) is 13.6. The maximum absolute atomic E-state index is 12.3. The van der Waals surface area contributed by atoms with Crippen molar-refractivity contribution in [1.82, 2.24) is 5.32 Å². The van der Waals surface area contributed by atoms with Crippen LogP contribution in [0.15, 0.2) is 42.5 Å². The Morgan fingerprint density at radius 2 is 1.71 bits per heavy atom. The van der Waals surface area contributed by atoms with Crippen LogP contribution in [0.25, 0.3) is 0 Å². The number of hydrogen-bond acceptors (Lipinski definition) is 5. The van der Waals surface area contributed by atoms with Gasteiger partial charge >= 0.3 is 0 Å². The van der Waals surface area contributed by atoms with Crippen LogP contribution in [-0.4, -0.2) is 40.5 Å². The zero-order chi connectivity index (χ0) is 20.4. The highest BCUT2D eigenvalue weighted by molar-refractivity contribution is 5.76. The van der Waals surface area contributed by atoms with E-state index >= 15 is 0 Å². The first-order valence-electron chi connectivity index (χ1n) is 9.29. The van der Waals surface area contributed by atoms with Crippen LogP contribution >= 0.6 is 0 Å². The van der Waals surface area contributed by atoms with Crippen LogP contribution in [0.1, 0.15) is 30.5 Å². The fraction of sp³-hybridized carbons (Fsp3) is 0.409. The molecule has 1 amide bonds. The third kappa shape index (κ3) is 6.46. The van der Waals surface area contributed by atoms with E-state index in [2.05, 4.69) is 5.32 Å². The molecule has 1 unspecified atom stereocenters. The van der Waals surface area contributed by atoms with Crippen molar-refractivity contribution in [2.75, 3.05) is 34.5 Å². The highest BCUT2D eigenvalue weighted by atomic mass is 16.5. The molecule has 0 aliphatic heterocycles. The second-order valence-electron chi connectivity index (χ2n) is 6.39. The Morgan fingerprint density at radius 3 is 2.36 bits per heavy atom. The minimum absolute atomic E-state index is 0.00251. The van der Waals surface area contributed by atoms with Gasteiger partial charge in [-0.05, 0) is 48.7 Å². The minimum atomic E-state index is -0.134. The van der Waals surface area contributed by atoms with Crippen LogP contribution in [0.3, 0.4) is 0 Å². The number of aryl methyl sites for hydroxylation is 1. The Hall–Kier alpha value is -2.73. The molecule has 0 aliphatic rings. The Morgan fingerprint density at radius 1 is 0.964 bits per heavy atom. The van der Waals surface area contributed by atoms with Gasteiger partial charge in [0.1, 0.15) is 12.4 Å². The number of hydrogen-bond donors (Lipinski definition) is 1. The molecule has 0 radical (unpaired) electrons. The molecule has 6 heteroatoms. The van der Waals surface area contributed by atoms with Gasteiger partial charge in [0.2, 0.25) is 5.91 Å². The number of benzene rings is 2. The van der Waals surface area contributed by atoms with Crippen molar-refractivity contribution in [2.24, 2.45) is 0 Å². The predicted molar refractivity (Wildman–Crippen MR) is 108 cm³/mol. The summed E-state index contributed by atoms with van der Waals surface area (Å²) in [7, 11) is 4.86. The number of nitrogens with one attached hydrogen (secondary N) is 1. The van der Waals surface area contributed by atoms with Crippen molar-refractivity contribution in [1.29, 1.82) is 0 Å². The van der Waals surface area contributed by atoms with E-state index in [1.165, 1.54) is 0 Å². The third-order valence-electron chi connectivity index (χ3n) is 4.41. The molecule has 0 fully saturated rings. The largest absolute Gasteiger partial charge is 0.497 e. The Kier molecular flexibility index (Phi) is 8.62. The number of ether oxygens (including phenoxy) is 4. The van der Waals surface area contributed by atoms with Crippen molar-refractivity contribution in [3.05, 3.63) is 53.6 Å². The average molecular weight is 387 g/mol. The van der Waals surface area contributed by atoms with Crippen molar-refractivity contribution in [3.8, 4) is 17.2 Å². The molecule has 0 aliphatic carbocycles. The molecule has 152 valence electrons. The minimum Gasteiger partial charge on any atom is -0.497 e. The van der Waals surface area contributed by atoms with Gasteiger partial charge in [0.25, 0.3) is 0 Å². The van der Waals surface area contributed by atoms with Gasteiger partial charge in [-0.1, -0.05) is 18.2 Å². The third-order valence-corrected chi connectivity index (χ3v) is 4.41. The van der Waals surface area contributed by atoms with Gasteiger partial charge < -0.3 is 24.3 Å². The molecular formula is C22H29NO5. The fourth-order valence-corrected chi connectivity index (χ4v) is 2.75. The van der Waals surface area contributed by atoms with E-state index in [1.54, 1.807) is 21.3 Å². The fourth-order valence-electron chi connectivity index (χ4n) is 2.75. The molecule has 1 atom stereocenters. The summed E-state index contributed by atoms with van der Waals surface area (Å²) in [5.74, 6) is 2.10. The predicted octanol–water partition coefficient (Wildman–Crippen LogP) is 3.54. The lowest BCUT2D eigenvalue weighted by Crippen LogP contribution is -2.26. The Labute approximate surface area is 166 Å². The summed E-state index contributed by atoms with van der Waals surface area (Å²) in [6.45, 7) is 2.90. The summed E-state index contributed by atoms with van der Waals surface area (Å²) >= 11 is 0. The number of carbonyl (C=O) groups excluding carboxylic acids is 1. The average Bonchev–Trinajstić information content (AvgIpc) is 2.72. The van der Waals surface area contributed by atoms with Gasteiger partial charge in [0, 0.05) is 13.5 Å². The summed E-state index contributed by atoms with van der Waals surface area (Å²) in [5.41, 5.74) is 2.05. The summed E-state index contributed by atoms with van der Waals surface area (Å²) in [6.07, 6.45) is 1.10. The van der Waals surface area contributed by atoms with Gasteiger partial charge in [0.15, 0.2) is 11.5 Å². The molecule has 2 aromatic carbocycles. The topological polar surface area (TPSA) is 66.0 Å². The summed E-state index contributed by atoms with van der Waals surface area (Å²) in [5, 5.41) is 3.03. The molecule has 2 rings (SSSR count). The molecule has 0 saturated heterocycles. The quantitative estimate of drug-likeness (QED) is 0.598. The summed E-state index contributed by atoms with van der Waals surface area (Å²) in [4.78, 5) is 12.3. The van der Waals surface area contributed by atoms with Crippen LogP contribution in [-0.2, 0) is 16.0 Å². The molecule has 0 heterocycles. The second kappa shape index (κ2) is 11.2. The van der Waals surface area contributed by atoms with Gasteiger partial charge in [0.05, 0.1) is 26.9 Å². The zero-order valence-electron chi connectivity index (χ0n) is 17.0. The normalized spacial score (nSPS) is 11.6. The smallest absolute Gasteiger partial charge is 0.220 e. The van der Waals surface area contributed by atoms with Crippen LogP contribution in [0.5, 0.6) is 17.2 Å². The van der Waals surface area contributed by atoms with E-state index in [-0.39, 0.29) is 11.9 Å². The van der Waals surface area contributed by atoms with E-state index in [4.69, 9.17) is 18.9 Å². The molecule has 28 heavy (non-hydrogen) atoms. The van der Waals surface area contributed by atoms with Gasteiger partial charge in [-0.3, -0.25) is 4.79 Å². The molecule has 0 bridgehead atoms. The molecule has 0 spiro atoms. The first-order valence-corrected chi connectivity index (χ1v) is 9.29. The van der Waals surface area contributed by atoms with Crippen molar-refractivity contribution in [3.63, 3.8) is 0 Å².